The van der Waals surface area contributed by atoms with E-state index in [1.807, 2.05) is 11.3 Å². The Morgan fingerprint density at radius 1 is 0.870 bits per heavy atom. The number of hydrogen-bond acceptors (Lipinski definition) is 5. The van der Waals surface area contributed by atoms with Crippen molar-refractivity contribution in [3.8, 4) is 11.3 Å². The minimum absolute atomic E-state index is 1.30. The van der Waals surface area contributed by atoms with Crippen molar-refractivity contribution >= 4 is 32.3 Å². The summed E-state index contributed by atoms with van der Waals surface area (Å²) in [6, 6.07) is 17.2. The summed E-state index contributed by atoms with van der Waals surface area (Å²) in [6.45, 7) is 0. The molecule has 0 fully saturated rings. The number of halogens is 1. The van der Waals surface area contributed by atoms with Gasteiger partial charge in [0.1, 0.15) is 7.05 Å². The van der Waals surface area contributed by atoms with Crippen molar-refractivity contribution in [1.29, 1.82) is 0 Å². The van der Waals surface area contributed by atoms with Crippen LogP contribution in [0.15, 0.2) is 53.9 Å². The monoisotopic (exact) mass is 349 g/mol. The lowest BCUT2D eigenvalue weighted by Gasteiger charge is -2.17. The third kappa shape index (κ3) is 3.28. The second kappa shape index (κ2) is 6.01. The van der Waals surface area contributed by atoms with E-state index in [4.69, 9.17) is 18.6 Å². The van der Waals surface area contributed by atoms with Crippen molar-refractivity contribution in [3.63, 3.8) is 0 Å². The van der Waals surface area contributed by atoms with Crippen molar-refractivity contribution < 1.29 is 33.4 Å². The molecule has 0 amide bonds. The van der Waals surface area contributed by atoms with Gasteiger partial charge in [0.25, 0.3) is 0 Å². The van der Waals surface area contributed by atoms with Crippen LogP contribution in [0.2, 0.25) is 0 Å². The van der Waals surface area contributed by atoms with Crippen LogP contribution in [0, 0.1) is 10.2 Å². The summed E-state index contributed by atoms with van der Waals surface area (Å²) in [5.74, 6) is 0. The van der Waals surface area contributed by atoms with Crippen molar-refractivity contribution in [2.75, 3.05) is 0 Å². The number of nitrogens with zero attached hydrogens (tertiary/aromatic N) is 1. The van der Waals surface area contributed by atoms with Gasteiger partial charge >= 0.3 is 0 Å². The molecule has 0 aliphatic carbocycles. The lowest BCUT2D eigenvalue weighted by atomic mass is 10.1. The molecule has 0 saturated carbocycles. The summed E-state index contributed by atoms with van der Waals surface area (Å²) in [7, 11) is -2.79. The molecule has 0 unspecified atom stereocenters. The molecule has 4 rings (SSSR count). The Balaban J connectivity index is 0.000000276. The fraction of sp³-hybridized carbons (Fsp3) is 0.0625. The summed E-state index contributed by atoms with van der Waals surface area (Å²) in [6.07, 6.45) is 0. The smallest absolute Gasteiger partial charge is 0.222 e. The van der Waals surface area contributed by atoms with Gasteiger partial charge in [0.15, 0.2) is 0 Å². The lowest BCUT2D eigenvalue weighted by Crippen LogP contribution is -2.68. The van der Waals surface area contributed by atoms with Crippen LogP contribution in [-0.2, 0) is 7.05 Å². The first-order valence-corrected chi connectivity index (χ1v) is 8.76. The second-order valence-corrected chi connectivity index (χ2v) is 6.62. The third-order valence-electron chi connectivity index (χ3n) is 3.59. The maximum absolute atomic E-state index is 8.49. The van der Waals surface area contributed by atoms with Crippen LogP contribution >= 0.6 is 11.3 Å². The highest BCUT2D eigenvalue weighted by Crippen LogP contribution is 2.36. The molecule has 0 aromatic heterocycles. The molecule has 0 atom stereocenters. The van der Waals surface area contributed by atoms with Gasteiger partial charge in [-0.15, -0.1) is 21.6 Å². The number of hydrogen-bond donors (Lipinski definition) is 0. The molecule has 2 aromatic carbocycles. The molecule has 0 spiro atoms. The van der Waals surface area contributed by atoms with Gasteiger partial charge in [-0.2, -0.15) is 4.57 Å². The zero-order valence-electron chi connectivity index (χ0n) is 12.1. The maximum Gasteiger partial charge on any atom is 0.223 e. The normalized spacial score (nSPS) is 11.7. The number of aromatic nitrogens is 1. The quantitative estimate of drug-likeness (QED) is 0.389. The molecule has 2 aliphatic heterocycles. The molecule has 2 aromatic rings. The molecular formula is C16H12ClNO4S. The first kappa shape index (κ1) is 16.1. The highest BCUT2D eigenvalue weighted by molar-refractivity contribution is 7.17. The first-order valence-electron chi connectivity index (χ1n) is 6.64. The minimum Gasteiger partial charge on any atom is -0.222 e. The summed E-state index contributed by atoms with van der Waals surface area (Å²) in [5, 5.41) is 4.97. The minimum atomic E-state index is -4.94. The van der Waals surface area contributed by atoms with E-state index in [9.17, 15) is 0 Å². The van der Waals surface area contributed by atoms with Gasteiger partial charge in [-0.25, -0.2) is 18.6 Å². The topological polar surface area (TPSA) is 96.1 Å². The first-order chi connectivity index (χ1) is 10.9. The Morgan fingerprint density at radius 2 is 1.43 bits per heavy atom. The summed E-state index contributed by atoms with van der Waals surface area (Å²) >= 11 is 1.82. The van der Waals surface area contributed by atoms with Crippen LogP contribution in [0.3, 0.4) is 0 Å². The fourth-order valence-corrected chi connectivity index (χ4v) is 3.69. The molecule has 2 aliphatic rings. The predicted octanol–water partition coefficient (Wildman–Crippen LogP) is -0.772. The average Bonchev–Trinajstić information content (AvgIpc) is 2.80. The molecule has 0 N–H and O–H groups in total. The van der Waals surface area contributed by atoms with Crippen molar-refractivity contribution in [3.05, 3.63) is 53.9 Å². The fourth-order valence-electron chi connectivity index (χ4n) is 2.76. The largest absolute Gasteiger partial charge is 0.223 e. The van der Waals surface area contributed by atoms with Crippen LogP contribution in [-0.4, -0.2) is 0 Å². The van der Waals surface area contributed by atoms with Gasteiger partial charge in [-0.1, -0.05) is 24.3 Å². The van der Waals surface area contributed by atoms with E-state index in [-0.39, 0.29) is 0 Å². The van der Waals surface area contributed by atoms with E-state index in [0.717, 1.165) is 0 Å². The average molecular weight is 350 g/mol. The molecule has 0 saturated heterocycles. The third-order valence-corrected chi connectivity index (χ3v) is 4.56. The van der Waals surface area contributed by atoms with Gasteiger partial charge < -0.3 is 0 Å². The van der Waals surface area contributed by atoms with Gasteiger partial charge in [0, 0.05) is 16.1 Å². The summed E-state index contributed by atoms with van der Waals surface area (Å²) in [5.41, 5.74) is 4.00. The number of para-hydroxylation sites is 1. The zero-order valence-corrected chi connectivity index (χ0v) is 13.6. The molecule has 0 bridgehead atoms. The van der Waals surface area contributed by atoms with Gasteiger partial charge in [-0.05, 0) is 18.2 Å². The summed E-state index contributed by atoms with van der Waals surface area (Å²) < 4.78 is 37.6. The Bertz CT molecular complexity index is 942. The van der Waals surface area contributed by atoms with E-state index in [0.29, 0.717) is 0 Å². The summed E-state index contributed by atoms with van der Waals surface area (Å²) in [4.78, 5) is 0. The van der Waals surface area contributed by atoms with Gasteiger partial charge in [0.05, 0.1) is 16.3 Å². The van der Waals surface area contributed by atoms with E-state index in [1.54, 1.807) is 0 Å². The van der Waals surface area contributed by atoms with E-state index in [2.05, 4.69) is 65.5 Å². The maximum atomic E-state index is 8.49. The zero-order chi connectivity index (χ0) is 16.6. The molecule has 23 heavy (non-hydrogen) atoms. The van der Waals surface area contributed by atoms with Crippen molar-refractivity contribution in [1.82, 2.24) is 0 Å². The molecule has 0 radical (unpaired) electrons. The van der Waals surface area contributed by atoms with E-state index < -0.39 is 10.2 Å². The highest BCUT2D eigenvalue weighted by Gasteiger charge is 2.25. The Hall–Kier alpha value is -1.80. The molecule has 118 valence electrons. The highest BCUT2D eigenvalue weighted by atomic mass is 35.7. The SMILES string of the molecule is C[n+]1c2c3ccccc3scc-2c2ccccc21.[O-][Cl+3]([O-])([O-])[O-]. The molecule has 7 heteroatoms. The number of benzene rings is 2. The Kier molecular flexibility index (Phi) is 4.20. The lowest BCUT2D eigenvalue weighted by molar-refractivity contribution is -2.00. The van der Waals surface area contributed by atoms with E-state index >= 15 is 0 Å². The predicted molar refractivity (Wildman–Crippen MR) is 77.1 cm³/mol. The van der Waals surface area contributed by atoms with Crippen LogP contribution in [0.4, 0.5) is 0 Å². The van der Waals surface area contributed by atoms with Crippen molar-refractivity contribution in [2.45, 2.75) is 0 Å². The van der Waals surface area contributed by atoms with Crippen LogP contribution in [0.1, 0.15) is 0 Å². The van der Waals surface area contributed by atoms with Crippen molar-refractivity contribution in [2.24, 2.45) is 7.05 Å². The molecule has 2 heterocycles. The number of aryl methyl sites for hydroxylation is 1. The van der Waals surface area contributed by atoms with E-state index in [1.165, 1.54) is 32.2 Å². The van der Waals surface area contributed by atoms with Gasteiger partial charge in [0.2, 0.25) is 11.2 Å². The van der Waals surface area contributed by atoms with Crippen LogP contribution in [0.25, 0.3) is 32.2 Å². The second-order valence-electron chi connectivity index (χ2n) is 4.95. The number of fused-ring (bicyclic) bond motifs is 5. The molecule has 5 nitrogen and oxygen atoms in total. The van der Waals surface area contributed by atoms with Gasteiger partial charge in [-0.3, -0.25) is 0 Å². The molecular weight excluding hydrogens is 338 g/mol. The number of rotatable bonds is 0. The van der Waals surface area contributed by atoms with Crippen LogP contribution < -0.4 is 23.2 Å². The Morgan fingerprint density at radius 3 is 2.13 bits per heavy atom. The standard InChI is InChI=1S/C16H12NS.ClHO4/c1-17-14-8-4-2-6-11(14)13-10-18-15-9-5-3-7-12(15)16(13)17;2-1(3,4)5/h2-10H,1H3;(H,2,3,4,5)/q+1;/p-1. The Labute approximate surface area is 138 Å². The van der Waals surface area contributed by atoms with Crippen LogP contribution in [0.5, 0.6) is 0 Å².